The van der Waals surface area contributed by atoms with Gasteiger partial charge in [-0.3, -0.25) is 4.98 Å². The first-order valence-corrected chi connectivity index (χ1v) is 5.94. The number of aliphatic hydroxyl groups is 1. The lowest BCUT2D eigenvalue weighted by atomic mass is 10.1. The van der Waals surface area contributed by atoms with E-state index in [2.05, 4.69) is 9.97 Å². The summed E-state index contributed by atoms with van der Waals surface area (Å²) in [4.78, 5) is 7.61. The van der Waals surface area contributed by atoms with E-state index < -0.39 is 11.9 Å². The van der Waals surface area contributed by atoms with Crippen molar-refractivity contribution in [3.05, 3.63) is 56.8 Å². The maximum absolute atomic E-state index is 13.3. The van der Waals surface area contributed by atoms with Gasteiger partial charge >= 0.3 is 0 Å². The predicted molar refractivity (Wildman–Crippen MR) is 67.5 cm³/mol. The van der Waals surface area contributed by atoms with Gasteiger partial charge in [-0.2, -0.15) is 0 Å². The van der Waals surface area contributed by atoms with Crippen LogP contribution in [0.2, 0.25) is 15.3 Å². The van der Waals surface area contributed by atoms with Crippen molar-refractivity contribution in [1.29, 1.82) is 0 Å². The minimum absolute atomic E-state index is 0.0599. The largest absolute Gasteiger partial charge is 0.382 e. The van der Waals surface area contributed by atoms with Crippen LogP contribution in [-0.4, -0.2) is 15.1 Å². The Labute approximate surface area is 117 Å². The Morgan fingerprint density at radius 1 is 1.22 bits per heavy atom. The molecule has 1 atom stereocenters. The van der Waals surface area contributed by atoms with Gasteiger partial charge in [0.2, 0.25) is 0 Å². The van der Waals surface area contributed by atoms with Crippen molar-refractivity contribution in [2.45, 2.75) is 6.10 Å². The Balaban J connectivity index is 2.48. The monoisotopic (exact) mass is 306 g/mol. The Kier molecular flexibility index (Phi) is 4.02. The Hall–Kier alpha value is -0.940. The summed E-state index contributed by atoms with van der Waals surface area (Å²) in [6, 6.07) is 4.09. The molecule has 0 saturated heterocycles. The van der Waals surface area contributed by atoms with Crippen molar-refractivity contribution >= 4 is 34.8 Å². The second-order valence-corrected chi connectivity index (χ2v) is 4.54. The van der Waals surface area contributed by atoms with Gasteiger partial charge in [-0.05, 0) is 6.07 Å². The average Bonchev–Trinajstić information content (AvgIpc) is 2.32. The van der Waals surface area contributed by atoms with E-state index in [1.165, 1.54) is 24.4 Å². The molecule has 3 nitrogen and oxygen atoms in total. The first-order chi connectivity index (χ1) is 8.50. The molecule has 2 rings (SSSR count). The van der Waals surface area contributed by atoms with E-state index in [1.807, 2.05) is 0 Å². The van der Waals surface area contributed by atoms with Crippen LogP contribution in [0, 0.1) is 5.82 Å². The van der Waals surface area contributed by atoms with Crippen LogP contribution in [0.25, 0.3) is 0 Å². The fourth-order valence-corrected chi connectivity index (χ4v) is 2.07. The van der Waals surface area contributed by atoms with Gasteiger partial charge in [-0.25, -0.2) is 9.37 Å². The number of benzene rings is 1. The van der Waals surface area contributed by atoms with Gasteiger partial charge in [0.1, 0.15) is 22.8 Å². The van der Waals surface area contributed by atoms with Gasteiger partial charge in [0.05, 0.1) is 11.2 Å². The zero-order valence-corrected chi connectivity index (χ0v) is 11.0. The van der Waals surface area contributed by atoms with Crippen LogP contribution in [0.3, 0.4) is 0 Å². The van der Waals surface area contributed by atoms with Crippen molar-refractivity contribution in [1.82, 2.24) is 9.97 Å². The van der Waals surface area contributed by atoms with E-state index in [-0.39, 0.29) is 26.6 Å². The molecule has 1 unspecified atom stereocenters. The van der Waals surface area contributed by atoms with Gasteiger partial charge in [0.25, 0.3) is 0 Å². The van der Waals surface area contributed by atoms with Gasteiger partial charge in [-0.1, -0.05) is 46.9 Å². The molecular formula is C11H6Cl3FN2O. The van der Waals surface area contributed by atoms with Crippen molar-refractivity contribution < 1.29 is 9.50 Å². The number of rotatable bonds is 2. The molecule has 0 aliphatic carbocycles. The SMILES string of the molecule is OC(c1cccc(F)c1Cl)c1ncc(Cl)nc1Cl. The molecule has 0 bridgehead atoms. The van der Waals surface area contributed by atoms with Crippen LogP contribution >= 0.6 is 34.8 Å². The molecule has 18 heavy (non-hydrogen) atoms. The highest BCUT2D eigenvalue weighted by atomic mass is 35.5. The van der Waals surface area contributed by atoms with Gasteiger partial charge in [0.15, 0.2) is 5.15 Å². The molecule has 94 valence electrons. The molecule has 1 N–H and O–H groups in total. The second kappa shape index (κ2) is 5.36. The summed E-state index contributed by atoms with van der Waals surface area (Å²) < 4.78 is 13.3. The van der Waals surface area contributed by atoms with Crippen molar-refractivity contribution in [3.63, 3.8) is 0 Å². The highest BCUT2D eigenvalue weighted by Gasteiger charge is 2.20. The second-order valence-electron chi connectivity index (χ2n) is 3.41. The summed E-state index contributed by atoms with van der Waals surface area (Å²) in [5, 5.41) is 9.94. The molecule has 1 heterocycles. The van der Waals surface area contributed by atoms with Gasteiger partial charge in [-0.15, -0.1) is 0 Å². The number of hydrogen-bond acceptors (Lipinski definition) is 3. The number of aromatic nitrogens is 2. The zero-order valence-electron chi connectivity index (χ0n) is 8.74. The smallest absolute Gasteiger partial charge is 0.155 e. The summed E-state index contributed by atoms with van der Waals surface area (Å²) in [6.07, 6.45) is -0.0374. The molecule has 0 amide bonds. The summed E-state index contributed by atoms with van der Waals surface area (Å²) in [6.45, 7) is 0. The fourth-order valence-electron chi connectivity index (χ4n) is 1.42. The first kappa shape index (κ1) is 13.5. The maximum atomic E-state index is 13.3. The third-order valence-electron chi connectivity index (χ3n) is 2.26. The summed E-state index contributed by atoms with van der Waals surface area (Å²) >= 11 is 17.2. The first-order valence-electron chi connectivity index (χ1n) is 4.80. The highest BCUT2D eigenvalue weighted by Crippen LogP contribution is 2.31. The van der Waals surface area contributed by atoms with Crippen LogP contribution < -0.4 is 0 Å². The number of halogens is 4. The van der Waals surface area contributed by atoms with Crippen LogP contribution in [0.4, 0.5) is 4.39 Å². The van der Waals surface area contributed by atoms with E-state index in [4.69, 9.17) is 34.8 Å². The molecule has 0 spiro atoms. The van der Waals surface area contributed by atoms with E-state index in [9.17, 15) is 9.50 Å². The quantitative estimate of drug-likeness (QED) is 0.921. The molecule has 0 fully saturated rings. The average molecular weight is 308 g/mol. The maximum Gasteiger partial charge on any atom is 0.155 e. The van der Waals surface area contributed by atoms with Crippen molar-refractivity contribution in [2.24, 2.45) is 0 Å². The lowest BCUT2D eigenvalue weighted by molar-refractivity contribution is 0.214. The summed E-state index contributed by atoms with van der Waals surface area (Å²) in [7, 11) is 0. The van der Waals surface area contributed by atoms with E-state index in [0.717, 1.165) is 0 Å². The number of aliphatic hydroxyl groups excluding tert-OH is 1. The van der Waals surface area contributed by atoms with Crippen LogP contribution in [0.1, 0.15) is 17.4 Å². The molecule has 0 aliphatic heterocycles. The minimum Gasteiger partial charge on any atom is -0.382 e. The van der Waals surface area contributed by atoms with Crippen molar-refractivity contribution in [2.75, 3.05) is 0 Å². The summed E-state index contributed by atoms with van der Waals surface area (Å²) in [5.41, 5.74) is 0.226. The zero-order chi connectivity index (χ0) is 13.3. The standard InChI is InChI=1S/C11H6Cl3FN2O/c12-7-4-16-9(11(14)17-7)10(18)5-2-1-3-6(15)8(5)13/h1-4,10,18H. The fraction of sp³-hybridized carbons (Fsp3) is 0.0909. The third kappa shape index (κ3) is 2.57. The molecule has 7 heteroatoms. The number of hydrogen-bond donors (Lipinski definition) is 1. The molecule has 2 aromatic rings. The van der Waals surface area contributed by atoms with Gasteiger partial charge in [0, 0.05) is 5.56 Å². The van der Waals surface area contributed by atoms with Crippen LogP contribution in [-0.2, 0) is 0 Å². The highest BCUT2D eigenvalue weighted by molar-refractivity contribution is 6.33. The molecule has 0 saturated carbocycles. The Morgan fingerprint density at radius 3 is 2.61 bits per heavy atom. The third-order valence-corrected chi connectivity index (χ3v) is 3.12. The lowest BCUT2D eigenvalue weighted by Crippen LogP contribution is -2.06. The minimum atomic E-state index is -1.27. The van der Waals surface area contributed by atoms with E-state index in [1.54, 1.807) is 0 Å². The normalized spacial score (nSPS) is 12.5. The molecule has 0 radical (unpaired) electrons. The molecule has 0 aliphatic rings. The van der Waals surface area contributed by atoms with E-state index in [0.29, 0.717) is 0 Å². The van der Waals surface area contributed by atoms with E-state index >= 15 is 0 Å². The van der Waals surface area contributed by atoms with Gasteiger partial charge < -0.3 is 5.11 Å². The van der Waals surface area contributed by atoms with Crippen LogP contribution in [0.15, 0.2) is 24.4 Å². The molecule has 1 aromatic carbocycles. The Bertz CT molecular complexity index is 594. The predicted octanol–water partition coefficient (Wildman–Crippen LogP) is 3.66. The van der Waals surface area contributed by atoms with Crippen LogP contribution in [0.5, 0.6) is 0 Å². The molecular weight excluding hydrogens is 301 g/mol. The Morgan fingerprint density at radius 2 is 1.94 bits per heavy atom. The topological polar surface area (TPSA) is 46.0 Å². The summed E-state index contributed by atoms with van der Waals surface area (Å²) in [5.74, 6) is -0.633. The van der Waals surface area contributed by atoms with Crippen molar-refractivity contribution in [3.8, 4) is 0 Å². The lowest BCUT2D eigenvalue weighted by Gasteiger charge is -2.13. The number of nitrogens with zero attached hydrogens (tertiary/aromatic N) is 2. The molecule has 1 aromatic heterocycles.